The summed E-state index contributed by atoms with van der Waals surface area (Å²) in [5.41, 5.74) is 2.40. The number of ether oxygens (including phenoxy) is 10. The molecule has 8 heterocycles. The maximum absolute atomic E-state index is 12.1. The zero-order chi connectivity index (χ0) is 52.2. The number of carbonyl (C=O) groups excluding carboxylic acids is 2. The number of carboxylic acid groups (broad SMARTS) is 1. The smallest absolute Gasteiger partial charge is 0.338 e. The molecule has 23 nitrogen and oxygen atoms in total. The van der Waals surface area contributed by atoms with E-state index in [0.717, 1.165) is 0 Å². The summed E-state index contributed by atoms with van der Waals surface area (Å²) in [6, 6.07) is 22.3. The molecule has 0 bridgehead atoms. The number of halogens is 1. The third kappa shape index (κ3) is 14.3. The molecular weight excluding hydrogens is 1040 g/mol. The summed E-state index contributed by atoms with van der Waals surface area (Å²) in [6.45, 7) is 9.16. The lowest BCUT2D eigenvalue weighted by Gasteiger charge is -2.16. The van der Waals surface area contributed by atoms with Crippen LogP contribution in [0.25, 0.3) is 4.85 Å². The second-order valence-electron chi connectivity index (χ2n) is 17.2. The summed E-state index contributed by atoms with van der Waals surface area (Å²) in [5.74, 6) is -1.91. The molecule has 0 radical (unpaired) electrons. The molecule has 8 aliphatic rings. The first-order valence-corrected chi connectivity index (χ1v) is 23.7. The van der Waals surface area contributed by atoms with Gasteiger partial charge in [-0.05, 0) is 48.5 Å². The SMILES string of the molecule is Cl.N#Cc1ccc(C(=O)OC2COC3C(O)COC23)cc1.N#Cc1ccc(C(=O)OC2COC3C(OP)COC23)cc1.OC1COC2C(OP)COC12.O[C@@H]1COC2C1OC[C@@H]2O.[3HH].[3HH].[C-]#[N+]c1ccc(C(=O)O)cc1. The van der Waals surface area contributed by atoms with E-state index < -0.39 is 66.7 Å². The van der Waals surface area contributed by atoms with Crippen LogP contribution in [0.2, 0.25) is 0 Å². The van der Waals surface area contributed by atoms with Crippen molar-refractivity contribution in [3.8, 4) is 12.1 Å². The Labute approximate surface area is 438 Å². The second kappa shape index (κ2) is 27.8. The van der Waals surface area contributed by atoms with Gasteiger partial charge in [0.15, 0.2) is 17.9 Å². The quantitative estimate of drug-likeness (QED) is 0.128. The molecule has 11 rings (SSSR count). The highest BCUT2D eigenvalue weighted by molar-refractivity contribution is 7.10. The van der Waals surface area contributed by atoms with Gasteiger partial charge < -0.3 is 81.9 Å². The summed E-state index contributed by atoms with van der Waals surface area (Å²) in [6.07, 6.45) is -5.59. The molecule has 16 unspecified atom stereocenters. The predicted octanol–water partition coefficient (Wildman–Crippen LogP) is 1.97. The van der Waals surface area contributed by atoms with Gasteiger partial charge in [-0.3, -0.25) is 0 Å². The van der Waals surface area contributed by atoms with Crippen molar-refractivity contribution >= 4 is 54.9 Å². The van der Waals surface area contributed by atoms with E-state index in [0.29, 0.717) is 54.4 Å². The Morgan fingerprint density at radius 2 is 0.784 bits per heavy atom. The molecule has 8 fully saturated rings. The number of aliphatic hydroxyl groups is 4. The summed E-state index contributed by atoms with van der Waals surface area (Å²) in [7, 11) is 4.39. The van der Waals surface area contributed by atoms with Crippen molar-refractivity contribution in [3.05, 3.63) is 112 Å². The first-order valence-electron chi connectivity index (χ1n) is 22.8. The number of hydrogen-bond acceptors (Lipinski definition) is 21. The topological polar surface area (TPSA) is 315 Å². The Bertz CT molecular complexity index is 2460. The lowest BCUT2D eigenvalue weighted by molar-refractivity contribution is -0.0209. The van der Waals surface area contributed by atoms with Crippen molar-refractivity contribution in [2.75, 3.05) is 52.9 Å². The Morgan fingerprint density at radius 3 is 1.14 bits per heavy atom. The van der Waals surface area contributed by atoms with Gasteiger partial charge in [0.05, 0.1) is 99.4 Å². The van der Waals surface area contributed by atoms with Crippen LogP contribution in [0.15, 0.2) is 72.8 Å². The molecule has 26 heteroatoms. The van der Waals surface area contributed by atoms with E-state index in [4.69, 9.17) is 88.8 Å². The third-order valence-electron chi connectivity index (χ3n) is 12.5. The van der Waals surface area contributed by atoms with Gasteiger partial charge in [-0.25, -0.2) is 19.2 Å². The molecule has 18 atom stereocenters. The lowest BCUT2D eigenvalue weighted by Crippen LogP contribution is -2.34. The largest absolute Gasteiger partial charge is 0.478 e. The van der Waals surface area contributed by atoms with E-state index in [1.54, 1.807) is 48.5 Å². The van der Waals surface area contributed by atoms with Crippen molar-refractivity contribution in [2.45, 2.75) is 97.7 Å². The fraction of sp³-hybridized carbons (Fsp3) is 0.500. The molecule has 0 amide bonds. The van der Waals surface area contributed by atoms with Gasteiger partial charge in [0, 0.05) is 21.8 Å². The van der Waals surface area contributed by atoms with E-state index >= 15 is 0 Å². The van der Waals surface area contributed by atoms with Crippen LogP contribution in [0.3, 0.4) is 0 Å². The normalized spacial score (nSPS) is 33.1. The second-order valence-corrected chi connectivity index (χ2v) is 17.8. The van der Waals surface area contributed by atoms with Crippen LogP contribution >= 0.6 is 31.3 Å². The zero-order valence-corrected chi connectivity index (χ0v) is 42.2. The Balaban J connectivity index is 0.000000210. The molecule has 8 saturated heterocycles. The molecule has 0 aromatic heterocycles. The number of carboxylic acids is 1. The maximum atomic E-state index is 12.1. The Kier molecular flexibility index (Phi) is 21.9. The van der Waals surface area contributed by atoms with Crippen molar-refractivity contribution in [1.82, 2.24) is 0 Å². The van der Waals surface area contributed by atoms with Crippen molar-refractivity contribution in [3.63, 3.8) is 0 Å². The monoisotopic (exact) mass is 1100 g/mol. The minimum Gasteiger partial charge on any atom is -0.478 e. The van der Waals surface area contributed by atoms with Gasteiger partial charge in [-0.2, -0.15) is 10.5 Å². The molecule has 0 saturated carbocycles. The molecular formula is C48H58ClN3O20P2. The predicted molar refractivity (Wildman–Crippen MR) is 263 cm³/mol. The molecule has 5 N–H and O–H groups in total. The summed E-state index contributed by atoms with van der Waals surface area (Å²) < 4.78 is 63.6. The zero-order valence-electron chi connectivity index (χ0n) is 39.1. The summed E-state index contributed by atoms with van der Waals surface area (Å²) in [5, 5.41) is 63.1. The van der Waals surface area contributed by atoms with Crippen LogP contribution in [0.5, 0.6) is 0 Å². The van der Waals surface area contributed by atoms with Gasteiger partial charge in [-0.15, -0.1) is 12.4 Å². The third-order valence-corrected chi connectivity index (χ3v) is 13.2. The number of nitriles is 2. The van der Waals surface area contributed by atoms with Crippen molar-refractivity contribution < 1.29 is 99.2 Å². The Hall–Kier alpha value is -4.87. The number of rotatable bonds is 7. The first-order chi connectivity index (χ1) is 35.3. The number of aliphatic hydroxyl groups excluding tert-OH is 4. The number of esters is 2. The van der Waals surface area contributed by atoms with E-state index in [-0.39, 0.29) is 96.1 Å². The lowest BCUT2D eigenvalue weighted by atomic mass is 10.1. The first kappa shape index (κ1) is 58.4. The van der Waals surface area contributed by atoms with Gasteiger partial charge >= 0.3 is 17.9 Å². The molecule has 0 spiro atoms. The minimum atomic E-state index is -0.971. The van der Waals surface area contributed by atoms with Gasteiger partial charge in [0.2, 0.25) is 0 Å². The van der Waals surface area contributed by atoms with Crippen LogP contribution in [0.4, 0.5) is 5.69 Å². The highest BCUT2D eigenvalue weighted by Gasteiger charge is 2.51. The molecule has 3 aromatic rings. The average Bonchev–Trinajstić information content (AvgIpc) is 4.31. The fourth-order valence-electron chi connectivity index (χ4n) is 8.66. The van der Waals surface area contributed by atoms with Crippen molar-refractivity contribution in [2.24, 2.45) is 0 Å². The number of fused-ring (bicyclic) bond motifs is 4. The number of carbonyl (C=O) groups is 3. The van der Waals surface area contributed by atoms with Gasteiger partial charge in [0.1, 0.15) is 85.5 Å². The highest BCUT2D eigenvalue weighted by atomic mass is 35.5. The average molecular weight is 1100 g/mol. The summed E-state index contributed by atoms with van der Waals surface area (Å²) >= 11 is 0. The van der Waals surface area contributed by atoms with Gasteiger partial charge in [0.25, 0.3) is 0 Å². The molecule has 402 valence electrons. The standard InChI is InChI=1S/C14H14NO5P.C14H13NO5.C8H5NO2.C6H11O4P.C6H10O4.ClH.2H2/c15-5-8-1-3-9(4-2-8)14(16)19-10-6-17-13-11(20-21)7-18-12(10)13;15-5-8-1-3-9(4-2-8)14(17)20-11-7-19-12-10(16)6-18-13(11)12;1-9-7-4-2-6(3-5-7)8(10)11;7-3-1-8-6-4(10-11)2-9-5(3)6;7-3-1-9-6-4(8)2-10-5(3)6;;;/h1-4,10-13H,6-7,21H2;1-4,10-13,16H,6-7H2;2-5H,(H,10,11);3-7H,1-2,11H2;3-8H,1-2H2;3*1H/t;;;;3-,4+,5?,6?;;;/i;;;;;;2*1+2. The van der Waals surface area contributed by atoms with E-state index in [2.05, 4.69) is 23.8 Å². The minimum absolute atomic E-state index is 0. The van der Waals surface area contributed by atoms with Crippen molar-refractivity contribution in [1.29, 1.82) is 10.5 Å². The highest BCUT2D eigenvalue weighted by Crippen LogP contribution is 2.33. The number of benzene rings is 3. The fourth-order valence-corrected chi connectivity index (χ4v) is 9.13. The van der Waals surface area contributed by atoms with Gasteiger partial charge in [-0.1, -0.05) is 24.3 Å². The van der Waals surface area contributed by atoms with Crippen LogP contribution in [-0.2, 0) is 56.4 Å². The van der Waals surface area contributed by atoms with E-state index in [1.165, 1.54) is 24.3 Å². The molecule has 0 aliphatic carbocycles. The molecule has 74 heavy (non-hydrogen) atoms. The van der Waals surface area contributed by atoms with Crippen LogP contribution in [0, 0.1) is 29.2 Å². The maximum Gasteiger partial charge on any atom is 0.338 e. The summed E-state index contributed by atoms with van der Waals surface area (Å²) in [4.78, 5) is 37.5. The molecule has 3 aromatic carbocycles. The van der Waals surface area contributed by atoms with E-state index in [1.807, 2.05) is 12.1 Å². The van der Waals surface area contributed by atoms with Crippen LogP contribution in [0.1, 0.15) is 45.1 Å². The number of aromatic carboxylic acids is 1. The number of nitrogens with zero attached hydrogens (tertiary/aromatic N) is 3. The molecule has 8 aliphatic heterocycles. The van der Waals surface area contributed by atoms with Crippen LogP contribution < -0.4 is 0 Å². The van der Waals surface area contributed by atoms with E-state index in [9.17, 15) is 24.6 Å². The number of hydrogen-bond donors (Lipinski definition) is 5. The van der Waals surface area contributed by atoms with Crippen LogP contribution in [-0.4, -0.2) is 194 Å². The Morgan fingerprint density at radius 1 is 0.500 bits per heavy atom.